The largest absolute Gasteiger partial charge is 1.00 e. The van der Waals surface area contributed by atoms with Gasteiger partial charge in [0.2, 0.25) is 0 Å². The quantitative estimate of drug-likeness (QED) is 0.217. The first-order valence-electron chi connectivity index (χ1n) is 5.00. The molecule has 19 heavy (non-hydrogen) atoms. The fraction of sp³-hybridized carbons (Fsp3) is 0.333. The summed E-state index contributed by atoms with van der Waals surface area (Å²) in [4.78, 5) is 21.2. The number of amides is 1. The van der Waals surface area contributed by atoms with E-state index in [1.54, 1.807) is 13.8 Å². The van der Waals surface area contributed by atoms with E-state index in [0.717, 1.165) is 6.21 Å². The van der Waals surface area contributed by atoms with Crippen LogP contribution in [0.15, 0.2) is 21.7 Å². The van der Waals surface area contributed by atoms with E-state index in [9.17, 15) is 14.9 Å². The van der Waals surface area contributed by atoms with Gasteiger partial charge in [-0.1, -0.05) is 0 Å². The fourth-order valence-electron chi connectivity index (χ4n) is 0.884. The molecule has 0 aliphatic heterocycles. The third-order valence-corrected chi connectivity index (χ3v) is 2.15. The van der Waals surface area contributed by atoms with E-state index in [2.05, 4.69) is 10.5 Å². The molecule has 1 rings (SSSR count). The second-order valence-corrected chi connectivity index (χ2v) is 4.02. The van der Waals surface area contributed by atoms with Crippen LogP contribution in [-0.2, 0) is 4.79 Å². The highest BCUT2D eigenvalue weighted by atomic mass is 79.9. The first-order valence-corrected chi connectivity index (χ1v) is 5.00. The van der Waals surface area contributed by atoms with Gasteiger partial charge in [-0.2, -0.15) is 10.9 Å². The Morgan fingerprint density at radius 3 is 2.74 bits per heavy atom. The summed E-state index contributed by atoms with van der Waals surface area (Å²) in [6.45, 7) is 3.24. The predicted octanol–water partition coefficient (Wildman–Crippen LogP) is -4.14. The van der Waals surface area contributed by atoms with Crippen molar-refractivity contribution in [2.45, 2.75) is 19.4 Å². The number of hydrogen-bond acceptors (Lipinski definition) is 6. The number of nitrogens with zero attached hydrogens (tertiary/aromatic N) is 2. The average molecular weight is 336 g/mol. The number of nitrogens with two attached hydrogens (primary N) is 2. The summed E-state index contributed by atoms with van der Waals surface area (Å²) in [5.74, 6) is 4.67. The molecule has 0 spiro atoms. The molecule has 0 saturated carbocycles. The van der Waals surface area contributed by atoms with E-state index >= 15 is 0 Å². The smallest absolute Gasteiger partial charge is 0.433 e. The van der Waals surface area contributed by atoms with Crippen molar-refractivity contribution in [2.24, 2.45) is 10.9 Å². The zero-order valence-corrected chi connectivity index (χ0v) is 11.9. The average Bonchev–Trinajstić information content (AvgIpc) is 2.77. The molecule has 0 bridgehead atoms. The Balaban J connectivity index is 0.00000324. The normalized spacial score (nSPS) is 11.1. The number of halogens is 1. The lowest BCUT2D eigenvalue weighted by molar-refractivity contribution is -0.718. The molecule has 1 aromatic heterocycles. The summed E-state index contributed by atoms with van der Waals surface area (Å²) >= 11 is 0. The molecule has 0 aliphatic rings. The minimum Gasteiger partial charge on any atom is -1.00 e. The maximum Gasteiger partial charge on any atom is 0.433 e. The Kier molecular flexibility index (Phi) is 6.32. The van der Waals surface area contributed by atoms with Crippen molar-refractivity contribution in [3.8, 4) is 0 Å². The molecule has 0 saturated heterocycles. The zero-order chi connectivity index (χ0) is 13.8. The highest BCUT2D eigenvalue weighted by molar-refractivity contribution is 5.85. The van der Waals surface area contributed by atoms with Crippen molar-refractivity contribution in [3.63, 3.8) is 0 Å². The van der Waals surface area contributed by atoms with Crippen LogP contribution in [0.25, 0.3) is 0 Å². The van der Waals surface area contributed by atoms with Gasteiger partial charge >= 0.3 is 11.8 Å². The molecule has 1 amide bonds. The third kappa shape index (κ3) is 4.77. The SMILES string of the molecule is CC(C)([NH2+]N)C(=O)N/N=C\c1ccc([N+](=O)[O-])o1.[Br-]. The van der Waals surface area contributed by atoms with Gasteiger partial charge in [0.05, 0.1) is 12.3 Å². The Bertz CT molecular complexity index is 485. The van der Waals surface area contributed by atoms with Gasteiger partial charge in [-0.15, -0.1) is 0 Å². The van der Waals surface area contributed by atoms with Gasteiger partial charge in [-0.25, -0.2) is 5.43 Å². The second kappa shape index (κ2) is 6.97. The van der Waals surface area contributed by atoms with Crippen LogP contribution >= 0.6 is 0 Å². The number of furan rings is 1. The van der Waals surface area contributed by atoms with Crippen molar-refractivity contribution >= 4 is 18.0 Å². The van der Waals surface area contributed by atoms with E-state index in [1.807, 2.05) is 0 Å². The minimum absolute atomic E-state index is 0. The van der Waals surface area contributed by atoms with Gasteiger partial charge in [0, 0.05) is 13.8 Å². The van der Waals surface area contributed by atoms with Gasteiger partial charge in [0.25, 0.3) is 0 Å². The summed E-state index contributed by atoms with van der Waals surface area (Å²) in [6, 6.07) is 2.56. The monoisotopic (exact) mass is 335 g/mol. The van der Waals surface area contributed by atoms with Crippen LogP contribution in [0.2, 0.25) is 0 Å². The summed E-state index contributed by atoms with van der Waals surface area (Å²) < 4.78 is 4.81. The Morgan fingerprint density at radius 2 is 2.26 bits per heavy atom. The number of hydrogen-bond donors (Lipinski definition) is 3. The van der Waals surface area contributed by atoms with Crippen LogP contribution in [0, 0.1) is 10.1 Å². The third-order valence-electron chi connectivity index (χ3n) is 2.15. The Hall–Kier alpha value is -1.78. The Labute approximate surface area is 119 Å². The molecule has 1 heterocycles. The van der Waals surface area contributed by atoms with Crippen molar-refractivity contribution in [3.05, 3.63) is 28.0 Å². The number of carbonyl (C=O) groups excluding carboxylic acids is 1. The van der Waals surface area contributed by atoms with Gasteiger partial charge in [-0.3, -0.25) is 20.3 Å². The second-order valence-electron chi connectivity index (χ2n) is 4.02. The van der Waals surface area contributed by atoms with Crippen LogP contribution in [0.5, 0.6) is 0 Å². The predicted molar refractivity (Wildman–Crippen MR) is 61.3 cm³/mol. The zero-order valence-electron chi connectivity index (χ0n) is 10.3. The number of nitro groups is 1. The van der Waals surface area contributed by atoms with Crippen LogP contribution in [0.3, 0.4) is 0 Å². The highest BCUT2D eigenvalue weighted by Crippen LogP contribution is 2.13. The molecule has 0 aromatic carbocycles. The summed E-state index contributed by atoms with van der Waals surface area (Å²) in [7, 11) is 0. The van der Waals surface area contributed by atoms with E-state index in [4.69, 9.17) is 10.3 Å². The van der Waals surface area contributed by atoms with Crippen molar-refractivity contribution in [1.82, 2.24) is 5.43 Å². The lowest BCUT2D eigenvalue weighted by Crippen LogP contribution is -3.03. The molecule has 5 N–H and O–H groups in total. The van der Waals surface area contributed by atoms with Crippen molar-refractivity contribution in [2.75, 3.05) is 0 Å². The lowest BCUT2D eigenvalue weighted by atomic mass is 10.1. The maximum atomic E-state index is 11.5. The molecular formula is C9H14BrN5O4. The number of carbonyl (C=O) groups is 1. The molecule has 0 unspecified atom stereocenters. The van der Waals surface area contributed by atoms with Gasteiger partial charge < -0.3 is 21.4 Å². The summed E-state index contributed by atoms with van der Waals surface area (Å²) in [5, 5.41) is 14.0. The number of hydrazone groups is 1. The summed E-state index contributed by atoms with van der Waals surface area (Å²) in [6.07, 6.45) is 1.16. The number of quaternary nitrogens is 1. The number of rotatable bonds is 5. The molecule has 9 nitrogen and oxygen atoms in total. The van der Waals surface area contributed by atoms with Crippen molar-refractivity contribution < 1.29 is 36.5 Å². The lowest BCUT2D eigenvalue weighted by Gasteiger charge is -2.15. The molecule has 0 radical (unpaired) electrons. The van der Waals surface area contributed by atoms with Crippen molar-refractivity contribution in [1.29, 1.82) is 0 Å². The van der Waals surface area contributed by atoms with Gasteiger partial charge in [0.15, 0.2) is 11.3 Å². The highest BCUT2D eigenvalue weighted by Gasteiger charge is 2.30. The van der Waals surface area contributed by atoms with E-state index < -0.39 is 22.3 Å². The summed E-state index contributed by atoms with van der Waals surface area (Å²) in [5.41, 5.74) is 2.64. The van der Waals surface area contributed by atoms with E-state index in [0.29, 0.717) is 0 Å². The molecule has 0 fully saturated rings. The first-order chi connectivity index (χ1) is 8.36. The minimum atomic E-state index is -0.855. The molecule has 0 aliphatic carbocycles. The van der Waals surface area contributed by atoms with Crippen LogP contribution in [0.4, 0.5) is 5.88 Å². The Morgan fingerprint density at radius 1 is 1.63 bits per heavy atom. The van der Waals surface area contributed by atoms with E-state index in [-0.39, 0.29) is 22.7 Å². The molecular weight excluding hydrogens is 322 g/mol. The van der Waals surface area contributed by atoms with E-state index in [1.165, 1.54) is 17.6 Å². The van der Waals surface area contributed by atoms with Gasteiger partial charge in [-0.05, 0) is 6.07 Å². The van der Waals surface area contributed by atoms with Crippen LogP contribution in [0.1, 0.15) is 19.6 Å². The standard InChI is InChI=1S/C9H13N5O4.BrH/c1-9(2,13-10)8(15)12-11-5-6-3-4-7(18-6)14(16)17;/h3-5,13H,10H2,1-2H3,(H,12,15);1H/b11-5-;. The molecule has 106 valence electrons. The van der Waals surface area contributed by atoms with Gasteiger partial charge in [0.1, 0.15) is 4.92 Å². The number of nitrogens with one attached hydrogen (secondary N) is 1. The maximum absolute atomic E-state index is 11.5. The van der Waals surface area contributed by atoms with Crippen LogP contribution < -0.4 is 33.7 Å². The molecule has 0 atom stereocenters. The topological polar surface area (TPSA) is 140 Å². The molecule has 1 aromatic rings. The fourth-order valence-corrected chi connectivity index (χ4v) is 0.884. The first kappa shape index (κ1) is 17.2. The van der Waals surface area contributed by atoms with Crippen LogP contribution in [-0.4, -0.2) is 22.6 Å². The molecule has 10 heteroatoms.